The smallest absolute Gasteiger partial charge is 0.300 e. The highest BCUT2D eigenvalue weighted by Gasteiger charge is 2.13. The second-order valence-corrected chi connectivity index (χ2v) is 5.39. The van der Waals surface area contributed by atoms with E-state index in [-0.39, 0.29) is 46.1 Å². The van der Waals surface area contributed by atoms with E-state index in [0.717, 1.165) is 0 Å². The number of anilines is 2. The van der Waals surface area contributed by atoms with Crippen molar-refractivity contribution in [1.29, 1.82) is 0 Å². The highest BCUT2D eigenvalue weighted by Crippen LogP contribution is 2.18. The monoisotopic (exact) mass is 356 g/mol. The van der Waals surface area contributed by atoms with Crippen molar-refractivity contribution in [2.24, 2.45) is 24.3 Å². The topological polar surface area (TPSA) is 204 Å². The van der Waals surface area contributed by atoms with Gasteiger partial charge >= 0.3 is 11.1 Å². The number of H-pyrrole nitrogens is 2. The Labute approximate surface area is 142 Å². The summed E-state index contributed by atoms with van der Waals surface area (Å²) in [4.78, 5) is 44.7. The summed E-state index contributed by atoms with van der Waals surface area (Å²) >= 11 is 0. The lowest BCUT2D eigenvalue weighted by molar-refractivity contribution is 0.906. The zero-order chi connectivity index (χ0) is 18.6. The average Bonchev–Trinajstić information content (AvgIpc) is 3.21. The van der Waals surface area contributed by atoms with Crippen LogP contribution in [0.4, 0.5) is 23.8 Å². The zero-order valence-electron chi connectivity index (χ0n) is 13.5. The van der Waals surface area contributed by atoms with Gasteiger partial charge in [-0.1, -0.05) is 0 Å². The van der Waals surface area contributed by atoms with E-state index in [9.17, 15) is 9.59 Å². The van der Waals surface area contributed by atoms with E-state index in [1.807, 2.05) is 0 Å². The summed E-state index contributed by atoms with van der Waals surface area (Å²) in [6.45, 7) is 0. The zero-order valence-corrected chi connectivity index (χ0v) is 13.5. The van der Waals surface area contributed by atoms with E-state index in [1.54, 1.807) is 14.1 Å². The van der Waals surface area contributed by atoms with Crippen LogP contribution in [0.3, 0.4) is 0 Å². The number of hydrogen-bond acceptors (Lipinski definition) is 10. The van der Waals surface area contributed by atoms with Gasteiger partial charge in [-0.25, -0.2) is 0 Å². The molecule has 132 valence electrons. The Kier molecular flexibility index (Phi) is 3.09. The Bertz CT molecular complexity index is 1220. The first-order valence-electron chi connectivity index (χ1n) is 7.21. The largest absolute Gasteiger partial charge is 0.369 e. The molecule has 4 aromatic heterocycles. The standard InChI is InChI=1S/C12H12N12O2/c1-23-5-3(7(25)19-9(23)13)15-11(17-5)21-22-12-16-4-6(18-12)24(2)10(14)20-8(4)26/h1-2H3,(H,15,17)(H,16,18)(H2,13,19,25)(H2,14,20,26)/b22-21+. The molecule has 0 aliphatic carbocycles. The van der Waals surface area contributed by atoms with Crippen molar-refractivity contribution in [2.75, 3.05) is 11.5 Å². The number of nitrogens with two attached hydrogens (primary N) is 2. The normalized spacial score (nSPS) is 11.9. The number of aromatic nitrogens is 8. The number of nitrogens with one attached hydrogen (secondary N) is 2. The fraction of sp³-hybridized carbons (Fsp3) is 0.167. The molecule has 14 heteroatoms. The molecule has 0 atom stereocenters. The molecule has 4 rings (SSSR count). The minimum absolute atomic E-state index is 0.0235. The molecule has 0 saturated heterocycles. The van der Waals surface area contributed by atoms with Crippen LogP contribution in [-0.4, -0.2) is 39.0 Å². The first kappa shape index (κ1) is 15.4. The van der Waals surface area contributed by atoms with Crippen molar-refractivity contribution >= 4 is 46.1 Å². The molecule has 14 nitrogen and oxygen atoms in total. The van der Waals surface area contributed by atoms with Crippen LogP contribution in [0.15, 0.2) is 19.8 Å². The van der Waals surface area contributed by atoms with Crippen LogP contribution in [0.2, 0.25) is 0 Å². The van der Waals surface area contributed by atoms with Crippen LogP contribution >= 0.6 is 0 Å². The van der Waals surface area contributed by atoms with E-state index in [4.69, 9.17) is 11.5 Å². The third-order valence-corrected chi connectivity index (χ3v) is 3.77. The molecule has 0 fully saturated rings. The van der Waals surface area contributed by atoms with Crippen molar-refractivity contribution in [3.8, 4) is 0 Å². The predicted octanol–water partition coefficient (Wildman–Crippen LogP) is -0.794. The van der Waals surface area contributed by atoms with Gasteiger partial charge in [-0.05, 0) is 0 Å². The molecule has 4 heterocycles. The number of aromatic amines is 2. The molecule has 0 aliphatic heterocycles. The average molecular weight is 356 g/mol. The van der Waals surface area contributed by atoms with Gasteiger partial charge in [0, 0.05) is 14.1 Å². The first-order valence-corrected chi connectivity index (χ1v) is 7.21. The number of nitrogen functional groups attached to an aromatic ring is 2. The van der Waals surface area contributed by atoms with Gasteiger partial charge in [0.15, 0.2) is 22.3 Å². The lowest BCUT2D eigenvalue weighted by Crippen LogP contribution is -2.15. The molecular formula is C12H12N12O2. The minimum Gasteiger partial charge on any atom is -0.369 e. The Balaban J connectivity index is 1.79. The maximum Gasteiger partial charge on any atom is 0.300 e. The van der Waals surface area contributed by atoms with E-state index in [1.165, 1.54) is 9.13 Å². The third-order valence-electron chi connectivity index (χ3n) is 3.77. The summed E-state index contributed by atoms with van der Waals surface area (Å²) in [5.74, 6) is 0.139. The Morgan fingerprint density at radius 2 is 1.15 bits per heavy atom. The van der Waals surface area contributed by atoms with Gasteiger partial charge in [0.05, 0.1) is 0 Å². The Morgan fingerprint density at radius 3 is 1.54 bits per heavy atom. The van der Waals surface area contributed by atoms with Crippen LogP contribution in [0.5, 0.6) is 0 Å². The SMILES string of the molecule is Cn1c(N)nc(=O)c2[nH]c(/N=N/c3nc4c([nH]3)c(=O)nc(N)n4C)nc21. The van der Waals surface area contributed by atoms with Crippen molar-refractivity contribution in [2.45, 2.75) is 0 Å². The summed E-state index contributed by atoms with van der Waals surface area (Å²) in [6, 6.07) is 0. The molecule has 0 amide bonds. The van der Waals surface area contributed by atoms with Crippen molar-refractivity contribution < 1.29 is 0 Å². The quantitative estimate of drug-likeness (QED) is 0.334. The van der Waals surface area contributed by atoms with Crippen molar-refractivity contribution in [3.05, 3.63) is 20.7 Å². The lowest BCUT2D eigenvalue weighted by Gasteiger charge is -2.00. The number of hydrogen-bond donors (Lipinski definition) is 4. The van der Waals surface area contributed by atoms with Crippen LogP contribution in [-0.2, 0) is 14.1 Å². The van der Waals surface area contributed by atoms with E-state index >= 15 is 0 Å². The minimum atomic E-state index is -0.558. The summed E-state index contributed by atoms with van der Waals surface area (Å²) in [5, 5.41) is 7.77. The second-order valence-electron chi connectivity index (χ2n) is 5.39. The third kappa shape index (κ3) is 2.20. The predicted molar refractivity (Wildman–Crippen MR) is 91.3 cm³/mol. The molecule has 0 bridgehead atoms. The van der Waals surface area contributed by atoms with Crippen LogP contribution < -0.4 is 22.6 Å². The molecule has 0 radical (unpaired) electrons. The number of imidazole rings is 2. The van der Waals surface area contributed by atoms with Gasteiger partial charge in [0.2, 0.25) is 23.8 Å². The van der Waals surface area contributed by atoms with Gasteiger partial charge in [0.1, 0.15) is 0 Å². The molecule has 0 aliphatic rings. The highest BCUT2D eigenvalue weighted by atomic mass is 16.1. The molecule has 0 aromatic carbocycles. The maximum atomic E-state index is 11.8. The number of nitrogens with zero attached hydrogens (tertiary/aromatic N) is 8. The summed E-state index contributed by atoms with van der Waals surface area (Å²) < 4.78 is 2.87. The van der Waals surface area contributed by atoms with Gasteiger partial charge < -0.3 is 21.4 Å². The van der Waals surface area contributed by atoms with Crippen molar-refractivity contribution in [3.63, 3.8) is 0 Å². The van der Waals surface area contributed by atoms with Crippen LogP contribution in [0.1, 0.15) is 0 Å². The number of azo groups is 1. The summed E-state index contributed by atoms with van der Waals surface area (Å²) in [6.07, 6.45) is 0. The van der Waals surface area contributed by atoms with Crippen LogP contribution in [0.25, 0.3) is 22.3 Å². The molecular weight excluding hydrogens is 344 g/mol. The lowest BCUT2D eigenvalue weighted by atomic mass is 10.5. The number of fused-ring (bicyclic) bond motifs is 2. The highest BCUT2D eigenvalue weighted by molar-refractivity contribution is 5.74. The van der Waals surface area contributed by atoms with E-state index in [2.05, 4.69) is 40.1 Å². The molecule has 0 spiro atoms. The van der Waals surface area contributed by atoms with Gasteiger partial charge in [-0.3, -0.25) is 18.7 Å². The fourth-order valence-corrected chi connectivity index (χ4v) is 2.36. The molecule has 0 saturated carbocycles. The summed E-state index contributed by atoms with van der Waals surface area (Å²) in [7, 11) is 3.22. The number of aryl methyl sites for hydroxylation is 2. The van der Waals surface area contributed by atoms with E-state index in [0.29, 0.717) is 0 Å². The fourth-order valence-electron chi connectivity index (χ4n) is 2.36. The first-order chi connectivity index (χ1) is 12.3. The molecule has 4 aromatic rings. The van der Waals surface area contributed by atoms with Crippen LogP contribution in [0, 0.1) is 0 Å². The maximum absolute atomic E-state index is 11.8. The van der Waals surface area contributed by atoms with E-state index < -0.39 is 11.1 Å². The van der Waals surface area contributed by atoms with Gasteiger partial charge in [-0.2, -0.15) is 19.9 Å². The molecule has 26 heavy (non-hydrogen) atoms. The number of rotatable bonds is 2. The second kappa shape index (κ2) is 5.20. The molecule has 0 unspecified atom stereocenters. The van der Waals surface area contributed by atoms with Crippen molar-refractivity contribution in [1.82, 2.24) is 39.0 Å². The summed E-state index contributed by atoms with van der Waals surface area (Å²) in [5.41, 5.74) is 11.0. The molecule has 6 N–H and O–H groups in total. The van der Waals surface area contributed by atoms with Gasteiger partial charge in [-0.15, -0.1) is 10.2 Å². The van der Waals surface area contributed by atoms with Gasteiger partial charge in [0.25, 0.3) is 0 Å². The Hall–Kier alpha value is -4.10. The Morgan fingerprint density at radius 1 is 0.769 bits per heavy atom.